The van der Waals surface area contributed by atoms with Crippen molar-refractivity contribution in [2.24, 2.45) is 5.92 Å². The van der Waals surface area contributed by atoms with Crippen molar-refractivity contribution >= 4 is 23.2 Å². The first-order chi connectivity index (χ1) is 11.7. The highest BCUT2D eigenvalue weighted by molar-refractivity contribution is 7.12. The van der Waals surface area contributed by atoms with Crippen molar-refractivity contribution < 1.29 is 9.59 Å². The van der Waals surface area contributed by atoms with E-state index in [1.165, 1.54) is 11.3 Å². The molecule has 2 aromatic rings. The predicted molar refractivity (Wildman–Crippen MR) is 95.1 cm³/mol. The summed E-state index contributed by atoms with van der Waals surface area (Å²) >= 11 is 1.37. The van der Waals surface area contributed by atoms with E-state index in [1.54, 1.807) is 6.07 Å². The molecule has 1 fully saturated rings. The van der Waals surface area contributed by atoms with Crippen LogP contribution in [0.25, 0.3) is 0 Å². The SMILES string of the molecule is O=C(NC(Cc1ccccc1)C(=O)NCC1CNC1)c1cccs1. The summed E-state index contributed by atoms with van der Waals surface area (Å²) in [4.78, 5) is 25.5. The van der Waals surface area contributed by atoms with Crippen molar-refractivity contribution in [2.45, 2.75) is 12.5 Å². The number of nitrogens with one attached hydrogen (secondary N) is 3. The van der Waals surface area contributed by atoms with Gasteiger partial charge in [-0.15, -0.1) is 11.3 Å². The lowest BCUT2D eigenvalue weighted by molar-refractivity contribution is -0.123. The van der Waals surface area contributed by atoms with Gasteiger partial charge in [0.2, 0.25) is 5.91 Å². The van der Waals surface area contributed by atoms with Gasteiger partial charge < -0.3 is 16.0 Å². The van der Waals surface area contributed by atoms with E-state index in [2.05, 4.69) is 16.0 Å². The summed E-state index contributed by atoms with van der Waals surface area (Å²) in [7, 11) is 0. The molecule has 1 aromatic heterocycles. The molecule has 24 heavy (non-hydrogen) atoms. The van der Waals surface area contributed by atoms with Crippen LogP contribution < -0.4 is 16.0 Å². The molecule has 0 aliphatic carbocycles. The van der Waals surface area contributed by atoms with Crippen LogP contribution in [0, 0.1) is 5.92 Å². The lowest BCUT2D eigenvalue weighted by Gasteiger charge is -2.28. The molecule has 6 heteroatoms. The molecular formula is C18H21N3O2S. The molecule has 0 saturated carbocycles. The molecule has 0 bridgehead atoms. The van der Waals surface area contributed by atoms with Crippen LogP contribution in [0.3, 0.4) is 0 Å². The minimum absolute atomic E-state index is 0.129. The molecule has 0 spiro atoms. The maximum absolute atomic E-state index is 12.6. The number of thiophene rings is 1. The van der Waals surface area contributed by atoms with Crippen LogP contribution in [-0.2, 0) is 11.2 Å². The van der Waals surface area contributed by atoms with Gasteiger partial charge in [0.15, 0.2) is 0 Å². The van der Waals surface area contributed by atoms with Gasteiger partial charge in [-0.05, 0) is 17.0 Å². The molecule has 5 nitrogen and oxygen atoms in total. The zero-order valence-corrected chi connectivity index (χ0v) is 14.1. The third-order valence-electron chi connectivity index (χ3n) is 4.08. The van der Waals surface area contributed by atoms with Crippen molar-refractivity contribution in [3.8, 4) is 0 Å². The van der Waals surface area contributed by atoms with Crippen LogP contribution in [0.15, 0.2) is 47.8 Å². The minimum Gasteiger partial charge on any atom is -0.354 e. The summed E-state index contributed by atoms with van der Waals surface area (Å²) < 4.78 is 0. The molecule has 1 saturated heterocycles. The van der Waals surface area contributed by atoms with Gasteiger partial charge in [0.1, 0.15) is 6.04 Å². The molecule has 2 heterocycles. The van der Waals surface area contributed by atoms with Gasteiger partial charge in [-0.25, -0.2) is 0 Å². The van der Waals surface area contributed by atoms with Crippen LogP contribution >= 0.6 is 11.3 Å². The van der Waals surface area contributed by atoms with E-state index in [4.69, 9.17) is 0 Å². The Morgan fingerprint density at radius 2 is 1.96 bits per heavy atom. The Bertz CT molecular complexity index is 669. The van der Waals surface area contributed by atoms with E-state index in [1.807, 2.05) is 41.8 Å². The fourth-order valence-electron chi connectivity index (χ4n) is 2.56. The molecule has 1 atom stereocenters. The molecule has 2 amide bonds. The molecule has 1 aliphatic rings. The average molecular weight is 343 g/mol. The standard InChI is InChI=1S/C18H21N3O2S/c22-17(20-12-14-10-19-11-14)15(9-13-5-2-1-3-6-13)21-18(23)16-7-4-8-24-16/h1-8,14-15,19H,9-12H2,(H,20,22)(H,21,23). The number of benzene rings is 1. The quantitative estimate of drug-likeness (QED) is 0.712. The summed E-state index contributed by atoms with van der Waals surface area (Å²) in [5, 5.41) is 10.9. The first-order valence-corrected chi connectivity index (χ1v) is 8.97. The number of carbonyl (C=O) groups excluding carboxylic acids is 2. The van der Waals surface area contributed by atoms with E-state index < -0.39 is 6.04 Å². The maximum Gasteiger partial charge on any atom is 0.262 e. The van der Waals surface area contributed by atoms with Crippen LogP contribution in [-0.4, -0.2) is 37.5 Å². The van der Waals surface area contributed by atoms with Crippen LogP contribution in [0.5, 0.6) is 0 Å². The van der Waals surface area contributed by atoms with Crippen LogP contribution in [0.4, 0.5) is 0 Å². The minimum atomic E-state index is -0.574. The normalized spacial score (nSPS) is 15.3. The maximum atomic E-state index is 12.6. The number of carbonyl (C=O) groups is 2. The van der Waals surface area contributed by atoms with Crippen molar-refractivity contribution in [1.29, 1.82) is 0 Å². The zero-order chi connectivity index (χ0) is 16.8. The highest BCUT2D eigenvalue weighted by Gasteiger charge is 2.24. The Balaban J connectivity index is 1.64. The monoisotopic (exact) mass is 343 g/mol. The summed E-state index contributed by atoms with van der Waals surface area (Å²) in [6, 6.07) is 12.8. The van der Waals surface area contributed by atoms with Crippen molar-refractivity contribution in [1.82, 2.24) is 16.0 Å². The summed E-state index contributed by atoms with van der Waals surface area (Å²) in [6.07, 6.45) is 0.479. The van der Waals surface area contributed by atoms with E-state index in [9.17, 15) is 9.59 Å². The molecule has 1 unspecified atom stereocenters. The highest BCUT2D eigenvalue weighted by atomic mass is 32.1. The first kappa shape index (κ1) is 16.7. The molecule has 1 aromatic carbocycles. The second-order valence-corrected chi connectivity index (χ2v) is 6.91. The smallest absolute Gasteiger partial charge is 0.262 e. The fourth-order valence-corrected chi connectivity index (χ4v) is 3.18. The number of hydrogen-bond donors (Lipinski definition) is 3. The second-order valence-electron chi connectivity index (χ2n) is 5.96. The van der Waals surface area contributed by atoms with Gasteiger partial charge >= 0.3 is 0 Å². The van der Waals surface area contributed by atoms with Crippen LogP contribution in [0.2, 0.25) is 0 Å². The lowest BCUT2D eigenvalue weighted by Crippen LogP contribution is -2.53. The Morgan fingerprint density at radius 1 is 1.17 bits per heavy atom. The van der Waals surface area contributed by atoms with Gasteiger partial charge in [0.05, 0.1) is 4.88 Å². The van der Waals surface area contributed by atoms with Gasteiger partial charge in [-0.3, -0.25) is 9.59 Å². The average Bonchev–Trinajstić information content (AvgIpc) is 3.08. The third-order valence-corrected chi connectivity index (χ3v) is 4.95. The zero-order valence-electron chi connectivity index (χ0n) is 13.3. The van der Waals surface area contributed by atoms with Gasteiger partial charge in [0, 0.05) is 32.0 Å². The third kappa shape index (κ3) is 4.43. The van der Waals surface area contributed by atoms with Gasteiger partial charge in [-0.1, -0.05) is 36.4 Å². The van der Waals surface area contributed by atoms with E-state index >= 15 is 0 Å². The highest BCUT2D eigenvalue weighted by Crippen LogP contribution is 2.10. The van der Waals surface area contributed by atoms with E-state index in [0.29, 0.717) is 23.8 Å². The Morgan fingerprint density at radius 3 is 2.58 bits per heavy atom. The van der Waals surface area contributed by atoms with E-state index in [-0.39, 0.29) is 11.8 Å². The van der Waals surface area contributed by atoms with E-state index in [0.717, 1.165) is 18.7 Å². The Hall–Kier alpha value is -2.18. The second kappa shape index (κ2) is 8.08. The molecule has 3 N–H and O–H groups in total. The topological polar surface area (TPSA) is 70.2 Å². The first-order valence-electron chi connectivity index (χ1n) is 8.09. The largest absolute Gasteiger partial charge is 0.354 e. The number of hydrogen-bond acceptors (Lipinski definition) is 4. The lowest BCUT2D eigenvalue weighted by atomic mass is 10.0. The molecule has 1 aliphatic heterocycles. The number of rotatable bonds is 7. The molecular weight excluding hydrogens is 322 g/mol. The summed E-state index contributed by atoms with van der Waals surface area (Å²) in [5.41, 5.74) is 1.02. The van der Waals surface area contributed by atoms with Gasteiger partial charge in [0.25, 0.3) is 5.91 Å². The van der Waals surface area contributed by atoms with Gasteiger partial charge in [-0.2, -0.15) is 0 Å². The predicted octanol–water partition coefficient (Wildman–Crippen LogP) is 1.42. The Labute approximate surface area is 145 Å². The molecule has 126 valence electrons. The fraction of sp³-hybridized carbons (Fsp3) is 0.333. The molecule has 0 radical (unpaired) electrons. The Kier molecular flexibility index (Phi) is 5.61. The molecule has 3 rings (SSSR count). The van der Waals surface area contributed by atoms with Crippen LogP contribution in [0.1, 0.15) is 15.2 Å². The van der Waals surface area contributed by atoms with Crippen molar-refractivity contribution in [3.63, 3.8) is 0 Å². The van der Waals surface area contributed by atoms with Crippen molar-refractivity contribution in [3.05, 3.63) is 58.3 Å². The van der Waals surface area contributed by atoms with Crippen molar-refractivity contribution in [2.75, 3.05) is 19.6 Å². The summed E-state index contributed by atoms with van der Waals surface area (Å²) in [6.45, 7) is 2.52. The summed E-state index contributed by atoms with van der Waals surface area (Å²) in [5.74, 6) is 0.154. The number of amides is 2.